The molecule has 1 aliphatic rings. The summed E-state index contributed by atoms with van der Waals surface area (Å²) in [7, 11) is 5.10. The first kappa shape index (κ1) is 16.2. The SMILES string of the molecule is COc1ccc(C(C)O)cc1CN1CC(OC)C(OC)C1. The largest absolute Gasteiger partial charge is 0.496 e. The van der Waals surface area contributed by atoms with Gasteiger partial charge in [0.15, 0.2) is 0 Å². The van der Waals surface area contributed by atoms with Gasteiger partial charge in [-0.2, -0.15) is 0 Å². The number of hydrogen-bond donors (Lipinski definition) is 1. The van der Waals surface area contributed by atoms with E-state index in [9.17, 15) is 5.11 Å². The number of ether oxygens (including phenoxy) is 3. The normalized spacial score (nSPS) is 24.2. The maximum atomic E-state index is 9.74. The molecule has 0 amide bonds. The van der Waals surface area contributed by atoms with Crippen LogP contribution in [0.3, 0.4) is 0 Å². The van der Waals surface area contributed by atoms with Crippen molar-refractivity contribution in [1.82, 2.24) is 4.90 Å². The van der Waals surface area contributed by atoms with Gasteiger partial charge in [-0.3, -0.25) is 4.90 Å². The quantitative estimate of drug-likeness (QED) is 0.864. The number of nitrogens with zero attached hydrogens (tertiary/aromatic N) is 1. The number of aliphatic hydroxyl groups excluding tert-OH is 1. The van der Waals surface area contributed by atoms with E-state index in [1.165, 1.54) is 0 Å². The molecule has 1 aliphatic heterocycles. The van der Waals surface area contributed by atoms with Gasteiger partial charge in [-0.25, -0.2) is 0 Å². The molecule has 0 aliphatic carbocycles. The minimum Gasteiger partial charge on any atom is -0.496 e. The molecule has 0 bridgehead atoms. The highest BCUT2D eigenvalue weighted by Gasteiger charge is 2.33. The Morgan fingerprint density at radius 2 is 1.81 bits per heavy atom. The van der Waals surface area contributed by atoms with Gasteiger partial charge in [-0.05, 0) is 24.6 Å². The third-order valence-corrected chi connectivity index (χ3v) is 4.08. The van der Waals surface area contributed by atoms with Crippen LogP contribution in [0.1, 0.15) is 24.2 Å². The summed E-state index contributed by atoms with van der Waals surface area (Å²) in [6.07, 6.45) is -0.284. The maximum absolute atomic E-state index is 9.74. The molecule has 3 atom stereocenters. The first-order valence-corrected chi connectivity index (χ1v) is 7.21. The molecule has 1 heterocycles. The standard InChI is InChI=1S/C16H25NO4/c1-11(18)12-5-6-14(19-2)13(7-12)8-17-9-15(20-3)16(10-17)21-4/h5-7,11,15-16,18H,8-10H2,1-4H3. The summed E-state index contributed by atoms with van der Waals surface area (Å²) in [5.41, 5.74) is 1.97. The molecule has 0 spiro atoms. The van der Waals surface area contributed by atoms with Crippen molar-refractivity contribution in [2.75, 3.05) is 34.4 Å². The lowest BCUT2D eigenvalue weighted by atomic mass is 10.1. The van der Waals surface area contributed by atoms with Gasteiger partial charge in [-0.15, -0.1) is 0 Å². The summed E-state index contributed by atoms with van der Waals surface area (Å²) in [4.78, 5) is 2.28. The van der Waals surface area contributed by atoms with Crippen molar-refractivity contribution in [2.45, 2.75) is 31.8 Å². The van der Waals surface area contributed by atoms with Crippen LogP contribution in [0.15, 0.2) is 18.2 Å². The average Bonchev–Trinajstić information content (AvgIpc) is 2.89. The number of benzene rings is 1. The highest BCUT2D eigenvalue weighted by Crippen LogP contribution is 2.26. The van der Waals surface area contributed by atoms with Crippen molar-refractivity contribution in [3.8, 4) is 5.75 Å². The minimum absolute atomic E-state index is 0.0981. The van der Waals surface area contributed by atoms with E-state index in [2.05, 4.69) is 4.90 Å². The fourth-order valence-electron chi connectivity index (χ4n) is 2.82. The van der Waals surface area contributed by atoms with Gasteiger partial charge in [0, 0.05) is 39.4 Å². The summed E-state index contributed by atoms with van der Waals surface area (Å²) in [5, 5.41) is 9.74. The molecule has 1 aromatic carbocycles. The van der Waals surface area contributed by atoms with E-state index in [-0.39, 0.29) is 12.2 Å². The molecule has 21 heavy (non-hydrogen) atoms. The molecule has 5 nitrogen and oxygen atoms in total. The second kappa shape index (κ2) is 7.22. The van der Waals surface area contributed by atoms with Crippen LogP contribution in [0.25, 0.3) is 0 Å². The lowest BCUT2D eigenvalue weighted by Crippen LogP contribution is -2.27. The zero-order valence-corrected chi connectivity index (χ0v) is 13.2. The van der Waals surface area contributed by atoms with E-state index in [0.717, 1.165) is 36.5 Å². The summed E-state index contributed by atoms with van der Waals surface area (Å²) in [6.45, 7) is 4.18. The van der Waals surface area contributed by atoms with Crippen LogP contribution in [0.2, 0.25) is 0 Å². The van der Waals surface area contributed by atoms with Gasteiger partial charge in [0.05, 0.1) is 25.4 Å². The molecule has 0 radical (unpaired) electrons. The zero-order valence-electron chi connectivity index (χ0n) is 13.2. The summed E-state index contributed by atoms with van der Waals surface area (Å²) in [6, 6.07) is 5.81. The van der Waals surface area contributed by atoms with E-state index in [1.807, 2.05) is 18.2 Å². The van der Waals surface area contributed by atoms with Crippen molar-refractivity contribution in [1.29, 1.82) is 0 Å². The van der Waals surface area contributed by atoms with Crippen LogP contribution in [0.4, 0.5) is 0 Å². The van der Waals surface area contributed by atoms with E-state index >= 15 is 0 Å². The molecule has 1 fully saturated rings. The highest BCUT2D eigenvalue weighted by molar-refractivity contribution is 5.38. The third kappa shape index (κ3) is 3.74. The van der Waals surface area contributed by atoms with Gasteiger partial charge in [-0.1, -0.05) is 6.07 Å². The molecular weight excluding hydrogens is 270 g/mol. The summed E-state index contributed by atoms with van der Waals surface area (Å²) < 4.78 is 16.4. The van der Waals surface area contributed by atoms with Crippen molar-refractivity contribution < 1.29 is 19.3 Å². The van der Waals surface area contributed by atoms with Gasteiger partial charge >= 0.3 is 0 Å². The number of hydrogen-bond acceptors (Lipinski definition) is 5. The predicted molar refractivity (Wildman–Crippen MR) is 80.5 cm³/mol. The molecule has 118 valence electrons. The Morgan fingerprint density at radius 3 is 2.29 bits per heavy atom. The molecule has 3 unspecified atom stereocenters. The van der Waals surface area contributed by atoms with Crippen molar-refractivity contribution in [3.63, 3.8) is 0 Å². The van der Waals surface area contributed by atoms with Gasteiger partial charge in [0.2, 0.25) is 0 Å². The van der Waals surface area contributed by atoms with E-state index < -0.39 is 6.10 Å². The van der Waals surface area contributed by atoms with Crippen LogP contribution < -0.4 is 4.74 Å². The Kier molecular flexibility index (Phi) is 5.58. The smallest absolute Gasteiger partial charge is 0.123 e. The van der Waals surface area contributed by atoms with Crippen molar-refractivity contribution in [3.05, 3.63) is 29.3 Å². The first-order valence-electron chi connectivity index (χ1n) is 7.21. The fourth-order valence-corrected chi connectivity index (χ4v) is 2.82. The van der Waals surface area contributed by atoms with Crippen LogP contribution in [0, 0.1) is 0 Å². The van der Waals surface area contributed by atoms with Gasteiger partial charge < -0.3 is 19.3 Å². The average molecular weight is 295 g/mol. The third-order valence-electron chi connectivity index (χ3n) is 4.08. The van der Waals surface area contributed by atoms with Gasteiger partial charge in [0.25, 0.3) is 0 Å². The van der Waals surface area contributed by atoms with Crippen LogP contribution in [0.5, 0.6) is 5.75 Å². The predicted octanol–water partition coefficient (Wildman–Crippen LogP) is 1.59. The summed E-state index contributed by atoms with van der Waals surface area (Å²) >= 11 is 0. The van der Waals surface area contributed by atoms with Crippen LogP contribution in [-0.2, 0) is 16.0 Å². The Labute approximate surface area is 126 Å². The second-order valence-corrected chi connectivity index (χ2v) is 5.49. The Bertz CT molecular complexity index is 452. The van der Waals surface area contributed by atoms with E-state index in [1.54, 1.807) is 28.3 Å². The lowest BCUT2D eigenvalue weighted by Gasteiger charge is -2.18. The summed E-state index contributed by atoms with van der Waals surface area (Å²) in [5.74, 6) is 0.842. The number of rotatable bonds is 6. The molecule has 1 N–H and O–H groups in total. The molecule has 0 saturated carbocycles. The maximum Gasteiger partial charge on any atom is 0.123 e. The molecule has 2 rings (SSSR count). The van der Waals surface area contributed by atoms with Crippen molar-refractivity contribution >= 4 is 0 Å². The monoisotopic (exact) mass is 295 g/mol. The van der Waals surface area contributed by atoms with Crippen LogP contribution in [-0.4, -0.2) is 56.6 Å². The Morgan fingerprint density at radius 1 is 1.19 bits per heavy atom. The minimum atomic E-state index is -0.480. The lowest BCUT2D eigenvalue weighted by molar-refractivity contribution is -0.00461. The Hall–Kier alpha value is -1.14. The Balaban J connectivity index is 2.13. The van der Waals surface area contributed by atoms with Gasteiger partial charge in [0.1, 0.15) is 5.75 Å². The van der Waals surface area contributed by atoms with Crippen LogP contribution >= 0.6 is 0 Å². The highest BCUT2D eigenvalue weighted by atomic mass is 16.5. The van der Waals surface area contributed by atoms with E-state index in [0.29, 0.717) is 0 Å². The zero-order chi connectivity index (χ0) is 15.4. The first-order chi connectivity index (χ1) is 10.1. The molecular formula is C16H25NO4. The second-order valence-electron chi connectivity index (χ2n) is 5.49. The molecule has 5 heteroatoms. The molecule has 0 aromatic heterocycles. The topological polar surface area (TPSA) is 51.2 Å². The number of aliphatic hydroxyl groups is 1. The number of methoxy groups -OCH3 is 3. The number of likely N-dealkylation sites (tertiary alicyclic amines) is 1. The van der Waals surface area contributed by atoms with E-state index in [4.69, 9.17) is 14.2 Å². The molecule has 1 saturated heterocycles. The fraction of sp³-hybridized carbons (Fsp3) is 0.625. The molecule has 1 aromatic rings. The van der Waals surface area contributed by atoms with Crippen molar-refractivity contribution in [2.24, 2.45) is 0 Å².